The second-order valence-electron chi connectivity index (χ2n) is 4.13. The molecule has 0 saturated heterocycles. The molecule has 0 aliphatic carbocycles. The van der Waals surface area contributed by atoms with Gasteiger partial charge in [-0.2, -0.15) is 26.3 Å². The first-order valence-corrected chi connectivity index (χ1v) is 5.12. The van der Waals surface area contributed by atoms with E-state index in [9.17, 15) is 40.2 Å². The van der Waals surface area contributed by atoms with Gasteiger partial charge in [0.2, 0.25) is 0 Å². The lowest BCUT2D eigenvalue weighted by Gasteiger charge is -2.27. The number of alkyl halides is 6. The van der Waals surface area contributed by atoms with Gasteiger partial charge in [-0.05, 0) is 18.6 Å². The molecule has 0 fully saturated rings. The summed E-state index contributed by atoms with van der Waals surface area (Å²) in [5, 5.41) is 9.25. The predicted molar refractivity (Wildman–Crippen MR) is 51.7 cm³/mol. The standard InChI is InChI=1S/C11H8F8O/c1-4-2-5(7(13)3-6(4)12)8(20)9(10(14,15)16)11(17,18)19/h2-3,8-9,20H,1H3. The van der Waals surface area contributed by atoms with E-state index in [0.29, 0.717) is 6.07 Å². The number of hydrogen-bond donors (Lipinski definition) is 1. The second kappa shape index (κ2) is 5.19. The Bertz CT molecular complexity index is 476. The van der Waals surface area contributed by atoms with Crippen molar-refractivity contribution < 1.29 is 40.2 Å². The Labute approximate surface area is 107 Å². The zero-order valence-electron chi connectivity index (χ0n) is 9.78. The van der Waals surface area contributed by atoms with Crippen LogP contribution in [0.4, 0.5) is 35.1 Å². The van der Waals surface area contributed by atoms with Gasteiger partial charge in [0, 0.05) is 11.6 Å². The fraction of sp³-hybridized carbons (Fsp3) is 0.455. The average molecular weight is 308 g/mol. The van der Waals surface area contributed by atoms with Crippen LogP contribution >= 0.6 is 0 Å². The Hall–Kier alpha value is -1.38. The molecule has 0 saturated carbocycles. The average Bonchev–Trinajstić information content (AvgIpc) is 2.18. The summed E-state index contributed by atoms with van der Waals surface area (Å²) in [6.45, 7) is 1.02. The van der Waals surface area contributed by atoms with Crippen molar-refractivity contribution in [3.8, 4) is 0 Å². The van der Waals surface area contributed by atoms with E-state index in [1.165, 1.54) is 0 Å². The molecule has 0 radical (unpaired) electrons. The molecule has 0 heterocycles. The van der Waals surface area contributed by atoms with Gasteiger partial charge in [0.25, 0.3) is 0 Å². The van der Waals surface area contributed by atoms with Crippen LogP contribution in [-0.2, 0) is 0 Å². The van der Waals surface area contributed by atoms with E-state index in [-0.39, 0.29) is 11.6 Å². The zero-order chi connectivity index (χ0) is 15.9. The molecular weight excluding hydrogens is 300 g/mol. The van der Waals surface area contributed by atoms with Gasteiger partial charge < -0.3 is 5.11 Å². The van der Waals surface area contributed by atoms with Gasteiger partial charge in [0.15, 0.2) is 5.92 Å². The van der Waals surface area contributed by atoms with Gasteiger partial charge in [-0.25, -0.2) is 8.78 Å². The van der Waals surface area contributed by atoms with Crippen LogP contribution in [0.1, 0.15) is 17.2 Å². The Morgan fingerprint density at radius 3 is 1.75 bits per heavy atom. The smallest absolute Gasteiger partial charge is 0.387 e. The molecule has 0 bridgehead atoms. The maximum absolute atomic E-state index is 13.3. The Morgan fingerprint density at radius 2 is 1.35 bits per heavy atom. The molecule has 1 atom stereocenters. The van der Waals surface area contributed by atoms with Crippen LogP contribution in [0.3, 0.4) is 0 Å². The summed E-state index contributed by atoms with van der Waals surface area (Å²) in [6.07, 6.45) is -14.9. The van der Waals surface area contributed by atoms with Gasteiger partial charge >= 0.3 is 12.4 Å². The fourth-order valence-corrected chi connectivity index (χ4v) is 1.63. The van der Waals surface area contributed by atoms with Crippen LogP contribution < -0.4 is 0 Å². The Balaban J connectivity index is 3.34. The molecule has 0 amide bonds. The molecule has 1 aromatic rings. The van der Waals surface area contributed by atoms with Crippen molar-refractivity contribution in [1.29, 1.82) is 0 Å². The number of halogens is 8. The van der Waals surface area contributed by atoms with Crippen LogP contribution in [0.2, 0.25) is 0 Å². The van der Waals surface area contributed by atoms with Gasteiger partial charge in [0.05, 0.1) is 0 Å². The van der Waals surface area contributed by atoms with Crippen LogP contribution in [-0.4, -0.2) is 17.5 Å². The molecule has 1 rings (SSSR count). The fourth-order valence-electron chi connectivity index (χ4n) is 1.63. The molecule has 0 spiro atoms. The van der Waals surface area contributed by atoms with Gasteiger partial charge in [-0.1, -0.05) is 0 Å². The minimum atomic E-state index is -5.83. The molecule has 0 aliphatic rings. The number of rotatable bonds is 2. The SMILES string of the molecule is Cc1cc(C(O)C(C(F)(F)F)C(F)(F)F)c(F)cc1F. The van der Waals surface area contributed by atoms with Crippen molar-refractivity contribution in [3.05, 3.63) is 34.9 Å². The van der Waals surface area contributed by atoms with Crippen LogP contribution in [0, 0.1) is 24.5 Å². The van der Waals surface area contributed by atoms with Gasteiger partial charge in [-0.15, -0.1) is 0 Å². The van der Waals surface area contributed by atoms with Crippen LogP contribution in [0.5, 0.6) is 0 Å². The minimum absolute atomic E-state index is 0.123. The van der Waals surface area contributed by atoms with E-state index >= 15 is 0 Å². The Kier molecular flexibility index (Phi) is 4.33. The number of aliphatic hydroxyl groups is 1. The summed E-state index contributed by atoms with van der Waals surface area (Å²) in [5.74, 6) is -6.98. The van der Waals surface area contributed by atoms with E-state index in [0.717, 1.165) is 6.92 Å². The van der Waals surface area contributed by atoms with E-state index in [2.05, 4.69) is 0 Å². The summed E-state index contributed by atoms with van der Waals surface area (Å²) >= 11 is 0. The van der Waals surface area contributed by atoms with E-state index in [4.69, 9.17) is 0 Å². The third kappa shape index (κ3) is 3.38. The van der Waals surface area contributed by atoms with Crippen LogP contribution in [0.25, 0.3) is 0 Å². The number of hydrogen-bond acceptors (Lipinski definition) is 1. The number of aliphatic hydroxyl groups excluding tert-OH is 1. The molecule has 114 valence electrons. The molecule has 9 heteroatoms. The quantitative estimate of drug-likeness (QED) is 0.817. The summed E-state index contributed by atoms with van der Waals surface area (Å²) in [4.78, 5) is 0. The molecule has 0 aromatic heterocycles. The van der Waals surface area contributed by atoms with Crippen molar-refractivity contribution in [1.82, 2.24) is 0 Å². The van der Waals surface area contributed by atoms with E-state index in [1.54, 1.807) is 0 Å². The van der Waals surface area contributed by atoms with Crippen molar-refractivity contribution >= 4 is 0 Å². The lowest BCUT2D eigenvalue weighted by molar-refractivity contribution is -0.307. The van der Waals surface area contributed by atoms with Crippen LogP contribution in [0.15, 0.2) is 12.1 Å². The highest BCUT2D eigenvalue weighted by atomic mass is 19.4. The van der Waals surface area contributed by atoms with Crippen molar-refractivity contribution in [2.45, 2.75) is 25.4 Å². The first-order chi connectivity index (χ1) is 8.85. The normalized spacial score (nSPS) is 14.8. The lowest BCUT2D eigenvalue weighted by Crippen LogP contribution is -2.41. The lowest BCUT2D eigenvalue weighted by atomic mass is 9.93. The van der Waals surface area contributed by atoms with Crippen molar-refractivity contribution in [3.63, 3.8) is 0 Å². The zero-order valence-corrected chi connectivity index (χ0v) is 9.78. The first kappa shape index (κ1) is 16.7. The molecule has 1 N–H and O–H groups in total. The monoisotopic (exact) mass is 308 g/mol. The summed E-state index contributed by atoms with van der Waals surface area (Å²) < 4.78 is 101. The third-order valence-corrected chi connectivity index (χ3v) is 2.62. The maximum Gasteiger partial charge on any atom is 0.403 e. The number of benzene rings is 1. The molecule has 1 nitrogen and oxygen atoms in total. The molecule has 1 aromatic carbocycles. The highest BCUT2D eigenvalue weighted by Crippen LogP contribution is 2.46. The van der Waals surface area contributed by atoms with Gasteiger partial charge in [0.1, 0.15) is 17.7 Å². The second-order valence-corrected chi connectivity index (χ2v) is 4.13. The summed E-state index contributed by atoms with van der Waals surface area (Å²) in [5.41, 5.74) is -1.65. The van der Waals surface area contributed by atoms with Gasteiger partial charge in [-0.3, -0.25) is 0 Å². The highest BCUT2D eigenvalue weighted by Gasteiger charge is 2.60. The molecule has 0 aliphatic heterocycles. The predicted octanol–water partition coefficient (Wildman–Crippen LogP) is 4.05. The Morgan fingerprint density at radius 1 is 0.900 bits per heavy atom. The van der Waals surface area contributed by atoms with Crippen molar-refractivity contribution in [2.24, 2.45) is 5.92 Å². The largest absolute Gasteiger partial charge is 0.403 e. The molecular formula is C11H8F8O. The maximum atomic E-state index is 13.3. The highest BCUT2D eigenvalue weighted by molar-refractivity contribution is 5.28. The van der Waals surface area contributed by atoms with Crippen molar-refractivity contribution in [2.75, 3.05) is 0 Å². The minimum Gasteiger partial charge on any atom is -0.387 e. The molecule has 20 heavy (non-hydrogen) atoms. The molecule has 1 unspecified atom stereocenters. The number of aryl methyl sites for hydroxylation is 1. The first-order valence-electron chi connectivity index (χ1n) is 5.12. The topological polar surface area (TPSA) is 20.2 Å². The van der Waals surface area contributed by atoms with E-state index < -0.39 is 41.6 Å². The van der Waals surface area contributed by atoms with E-state index in [1.807, 2.05) is 0 Å². The summed E-state index contributed by atoms with van der Waals surface area (Å²) in [7, 11) is 0. The third-order valence-electron chi connectivity index (χ3n) is 2.62. The summed E-state index contributed by atoms with van der Waals surface area (Å²) in [6, 6.07) is 0.539.